The van der Waals surface area contributed by atoms with Crippen LogP contribution in [0.25, 0.3) is 0 Å². The van der Waals surface area contributed by atoms with Crippen molar-refractivity contribution in [3.8, 4) is 0 Å². The highest BCUT2D eigenvalue weighted by molar-refractivity contribution is 5.66. The predicted octanol–water partition coefficient (Wildman–Crippen LogP) is 1.42. The number of tetrazole rings is 1. The third-order valence-electron chi connectivity index (χ3n) is 3.15. The summed E-state index contributed by atoms with van der Waals surface area (Å²) in [7, 11) is 0. The summed E-state index contributed by atoms with van der Waals surface area (Å²) in [6.45, 7) is 2.44. The number of ether oxygens (including phenoxy) is 1. The molecule has 0 spiro atoms. The zero-order chi connectivity index (χ0) is 12.8. The van der Waals surface area contributed by atoms with E-state index >= 15 is 0 Å². The summed E-state index contributed by atoms with van der Waals surface area (Å²) in [5.74, 6) is 0.690. The highest BCUT2D eigenvalue weighted by Crippen LogP contribution is 2.27. The van der Waals surface area contributed by atoms with Crippen LogP contribution in [0.2, 0.25) is 0 Å². The zero-order valence-corrected chi connectivity index (χ0v) is 10.6. The van der Waals surface area contributed by atoms with E-state index in [-0.39, 0.29) is 0 Å². The van der Waals surface area contributed by atoms with E-state index in [0.29, 0.717) is 25.0 Å². The topological polar surface area (TPSA) is 81.9 Å². The Bertz CT molecular complexity index is 387. The highest BCUT2D eigenvalue weighted by Gasteiger charge is 2.20. The number of aromatic nitrogens is 4. The van der Waals surface area contributed by atoms with Crippen molar-refractivity contribution in [3.05, 3.63) is 5.82 Å². The Balaban J connectivity index is 1.92. The Labute approximate surface area is 106 Å². The Morgan fingerprint density at radius 1 is 1.44 bits per heavy atom. The van der Waals surface area contributed by atoms with E-state index in [1.807, 2.05) is 4.68 Å². The number of hydrogen-bond donors (Lipinski definition) is 1. The molecule has 1 saturated carbocycles. The second kappa shape index (κ2) is 6.32. The van der Waals surface area contributed by atoms with Gasteiger partial charge in [0, 0.05) is 0 Å². The molecule has 1 aromatic heterocycles. The van der Waals surface area contributed by atoms with Gasteiger partial charge < -0.3 is 10.1 Å². The fourth-order valence-corrected chi connectivity index (χ4v) is 2.27. The van der Waals surface area contributed by atoms with E-state index in [4.69, 9.17) is 4.74 Å². The molecule has 1 amide bonds. The lowest BCUT2D eigenvalue weighted by molar-refractivity contribution is 0.151. The van der Waals surface area contributed by atoms with Gasteiger partial charge in [0.2, 0.25) is 0 Å². The highest BCUT2D eigenvalue weighted by atomic mass is 16.5. The Morgan fingerprint density at radius 3 is 2.94 bits per heavy atom. The van der Waals surface area contributed by atoms with Crippen molar-refractivity contribution in [3.63, 3.8) is 0 Å². The SMILES string of the molecule is CCOC(=O)NCc1nnnn1C1CCCCC1. The van der Waals surface area contributed by atoms with Crippen molar-refractivity contribution in [2.45, 2.75) is 51.6 Å². The Kier molecular flexibility index (Phi) is 4.49. The minimum atomic E-state index is -0.435. The number of amides is 1. The molecule has 0 aliphatic heterocycles. The van der Waals surface area contributed by atoms with Crippen molar-refractivity contribution >= 4 is 6.09 Å². The molecule has 0 atom stereocenters. The summed E-state index contributed by atoms with van der Waals surface area (Å²) < 4.78 is 6.64. The maximum Gasteiger partial charge on any atom is 0.407 e. The molecular formula is C11H19N5O2. The van der Waals surface area contributed by atoms with Crippen LogP contribution < -0.4 is 5.32 Å². The van der Waals surface area contributed by atoms with Gasteiger partial charge in [-0.2, -0.15) is 0 Å². The number of alkyl carbamates (subject to hydrolysis) is 1. The molecular weight excluding hydrogens is 234 g/mol. The number of hydrogen-bond acceptors (Lipinski definition) is 5. The van der Waals surface area contributed by atoms with E-state index in [1.54, 1.807) is 6.92 Å². The van der Waals surface area contributed by atoms with Gasteiger partial charge in [-0.25, -0.2) is 9.48 Å². The molecule has 1 N–H and O–H groups in total. The van der Waals surface area contributed by atoms with Gasteiger partial charge in [0.15, 0.2) is 5.82 Å². The molecule has 0 radical (unpaired) electrons. The van der Waals surface area contributed by atoms with Crippen molar-refractivity contribution in [1.29, 1.82) is 0 Å². The first kappa shape index (κ1) is 12.8. The second-order valence-corrected chi connectivity index (χ2v) is 4.41. The van der Waals surface area contributed by atoms with Crippen molar-refractivity contribution in [1.82, 2.24) is 25.5 Å². The molecule has 1 aliphatic carbocycles. The van der Waals surface area contributed by atoms with Crippen molar-refractivity contribution in [2.75, 3.05) is 6.61 Å². The van der Waals surface area contributed by atoms with Crippen LogP contribution in [0.3, 0.4) is 0 Å². The van der Waals surface area contributed by atoms with E-state index < -0.39 is 6.09 Å². The average molecular weight is 253 g/mol. The quantitative estimate of drug-likeness (QED) is 0.877. The van der Waals surface area contributed by atoms with Crippen LogP contribution in [0.5, 0.6) is 0 Å². The Hall–Kier alpha value is -1.66. The zero-order valence-electron chi connectivity index (χ0n) is 10.6. The lowest BCUT2D eigenvalue weighted by atomic mass is 9.96. The van der Waals surface area contributed by atoms with Crippen LogP contribution in [0.4, 0.5) is 4.79 Å². The number of carbonyl (C=O) groups is 1. The standard InChI is InChI=1S/C11H19N5O2/c1-2-18-11(17)12-8-10-13-14-15-16(10)9-6-4-3-5-7-9/h9H,2-8H2,1H3,(H,12,17). The average Bonchev–Trinajstić information content (AvgIpc) is 2.86. The van der Waals surface area contributed by atoms with Crippen LogP contribution in [0, 0.1) is 0 Å². The minimum Gasteiger partial charge on any atom is -0.450 e. The third-order valence-corrected chi connectivity index (χ3v) is 3.15. The molecule has 0 bridgehead atoms. The fraction of sp³-hybridized carbons (Fsp3) is 0.818. The maximum absolute atomic E-state index is 11.2. The maximum atomic E-state index is 11.2. The first-order valence-corrected chi connectivity index (χ1v) is 6.48. The monoisotopic (exact) mass is 253 g/mol. The van der Waals surface area contributed by atoms with Crippen LogP contribution >= 0.6 is 0 Å². The number of carbonyl (C=O) groups excluding carboxylic acids is 1. The van der Waals surface area contributed by atoms with E-state index in [1.165, 1.54) is 19.3 Å². The third kappa shape index (κ3) is 3.18. The lowest BCUT2D eigenvalue weighted by Crippen LogP contribution is -2.27. The van der Waals surface area contributed by atoms with Crippen LogP contribution in [0.1, 0.15) is 50.9 Å². The largest absolute Gasteiger partial charge is 0.450 e. The van der Waals surface area contributed by atoms with Crippen LogP contribution in [-0.2, 0) is 11.3 Å². The Morgan fingerprint density at radius 2 is 2.22 bits per heavy atom. The van der Waals surface area contributed by atoms with E-state index in [2.05, 4.69) is 20.8 Å². The van der Waals surface area contributed by atoms with Crippen molar-refractivity contribution in [2.24, 2.45) is 0 Å². The first-order chi connectivity index (χ1) is 8.81. The summed E-state index contributed by atoms with van der Waals surface area (Å²) in [4.78, 5) is 11.2. The van der Waals surface area contributed by atoms with Crippen molar-refractivity contribution < 1.29 is 9.53 Å². The number of rotatable bonds is 4. The molecule has 7 nitrogen and oxygen atoms in total. The summed E-state index contributed by atoms with van der Waals surface area (Å²) in [6, 6.07) is 0.368. The first-order valence-electron chi connectivity index (χ1n) is 6.48. The van der Waals surface area contributed by atoms with E-state index in [0.717, 1.165) is 12.8 Å². The summed E-state index contributed by atoms with van der Waals surface area (Å²) in [6.07, 6.45) is 5.50. The smallest absolute Gasteiger partial charge is 0.407 e. The second-order valence-electron chi connectivity index (χ2n) is 4.41. The number of nitrogens with zero attached hydrogens (tertiary/aromatic N) is 4. The molecule has 0 aromatic carbocycles. The molecule has 2 rings (SSSR count). The van der Waals surface area contributed by atoms with Gasteiger partial charge >= 0.3 is 6.09 Å². The van der Waals surface area contributed by atoms with Gasteiger partial charge in [-0.3, -0.25) is 0 Å². The fourth-order valence-electron chi connectivity index (χ4n) is 2.27. The molecule has 0 saturated heterocycles. The van der Waals surface area contributed by atoms with Gasteiger partial charge in [0.1, 0.15) is 0 Å². The molecule has 1 aromatic rings. The lowest BCUT2D eigenvalue weighted by Gasteiger charge is -2.22. The molecule has 18 heavy (non-hydrogen) atoms. The van der Waals surface area contributed by atoms with Gasteiger partial charge in [0.25, 0.3) is 0 Å². The predicted molar refractivity (Wildman–Crippen MR) is 63.8 cm³/mol. The molecule has 1 fully saturated rings. The molecule has 1 aliphatic rings. The van der Waals surface area contributed by atoms with Gasteiger partial charge in [-0.05, 0) is 30.2 Å². The molecule has 0 unspecified atom stereocenters. The summed E-state index contributed by atoms with van der Waals surface area (Å²) in [5, 5.41) is 14.3. The summed E-state index contributed by atoms with van der Waals surface area (Å²) in [5.41, 5.74) is 0. The van der Waals surface area contributed by atoms with Crippen LogP contribution in [-0.4, -0.2) is 32.9 Å². The normalized spacial score (nSPS) is 16.5. The van der Waals surface area contributed by atoms with Gasteiger partial charge in [-0.1, -0.05) is 19.3 Å². The molecule has 7 heteroatoms. The molecule has 1 heterocycles. The summed E-state index contributed by atoms with van der Waals surface area (Å²) >= 11 is 0. The molecule has 100 valence electrons. The number of nitrogens with one attached hydrogen (secondary N) is 1. The van der Waals surface area contributed by atoms with E-state index in [9.17, 15) is 4.79 Å². The van der Waals surface area contributed by atoms with Crippen LogP contribution in [0.15, 0.2) is 0 Å². The minimum absolute atomic E-state index is 0.308. The van der Waals surface area contributed by atoms with Gasteiger partial charge in [-0.15, -0.1) is 5.10 Å². The van der Waals surface area contributed by atoms with Gasteiger partial charge in [0.05, 0.1) is 19.2 Å².